The number of amides is 2. The number of nitrogens with one attached hydrogen (secondary N) is 2. The number of hydrogen-bond donors (Lipinski definition) is 2. The summed E-state index contributed by atoms with van der Waals surface area (Å²) in [6, 6.07) is 7.36. The topological polar surface area (TPSA) is 104 Å². The fraction of sp³-hybridized carbons (Fsp3) is 0.480. The Kier molecular flexibility index (Phi) is 7.32. The van der Waals surface area contributed by atoms with E-state index in [0.717, 1.165) is 55.7 Å². The number of anilines is 1. The van der Waals surface area contributed by atoms with Gasteiger partial charge in [0.25, 0.3) is 0 Å². The van der Waals surface area contributed by atoms with Gasteiger partial charge in [-0.2, -0.15) is 0 Å². The minimum atomic E-state index is -0.444. The first kappa shape index (κ1) is 22.9. The molecule has 0 radical (unpaired) electrons. The Balaban J connectivity index is 1.29. The molecule has 0 unspecified atom stereocenters. The molecule has 2 N–H and O–H groups in total. The molecule has 1 saturated heterocycles. The van der Waals surface area contributed by atoms with Crippen LogP contribution in [-0.4, -0.2) is 52.1 Å². The highest BCUT2D eigenvalue weighted by Gasteiger charge is 2.32. The van der Waals surface area contributed by atoms with Gasteiger partial charge in [0.2, 0.25) is 11.8 Å². The number of rotatable bonds is 9. The van der Waals surface area contributed by atoms with Crippen molar-refractivity contribution in [2.45, 2.75) is 51.5 Å². The summed E-state index contributed by atoms with van der Waals surface area (Å²) < 4.78 is 0. The van der Waals surface area contributed by atoms with E-state index in [1.165, 1.54) is 12.5 Å². The zero-order valence-corrected chi connectivity index (χ0v) is 19.0. The second-order valence-electron chi connectivity index (χ2n) is 8.94. The maximum Gasteiger partial charge on any atom is 0.240 e. The van der Waals surface area contributed by atoms with E-state index in [2.05, 4.69) is 27.8 Å². The Hall–Kier alpha value is -3.29. The summed E-state index contributed by atoms with van der Waals surface area (Å²) in [4.78, 5) is 47.6. The van der Waals surface area contributed by atoms with Gasteiger partial charge in [-0.05, 0) is 62.3 Å². The minimum absolute atomic E-state index is 0.00498. The highest BCUT2D eigenvalue weighted by atomic mass is 16.2. The van der Waals surface area contributed by atoms with Crippen LogP contribution in [0.25, 0.3) is 0 Å². The van der Waals surface area contributed by atoms with E-state index < -0.39 is 6.04 Å². The number of likely N-dealkylation sites (tertiary alicyclic amines) is 1. The van der Waals surface area contributed by atoms with Gasteiger partial charge in [-0.15, -0.1) is 0 Å². The SMILES string of the molecule is CC(=O)C[C@H](NC(=O)CN1CC[C@@H](CCc2ccc3c(n2)NCCC3)C1=O)c1cccnc1. The van der Waals surface area contributed by atoms with Crippen LogP contribution in [0.1, 0.15) is 55.5 Å². The molecule has 0 saturated carbocycles. The molecule has 2 aliphatic heterocycles. The average molecular weight is 450 g/mol. The number of hydrogen-bond acceptors (Lipinski definition) is 6. The molecule has 2 atom stereocenters. The van der Waals surface area contributed by atoms with E-state index in [9.17, 15) is 14.4 Å². The first-order chi connectivity index (χ1) is 16.0. The predicted molar refractivity (Wildman–Crippen MR) is 124 cm³/mol. The van der Waals surface area contributed by atoms with Gasteiger partial charge >= 0.3 is 0 Å². The lowest BCUT2D eigenvalue weighted by Gasteiger charge is -2.21. The minimum Gasteiger partial charge on any atom is -0.370 e. The van der Waals surface area contributed by atoms with Crippen molar-refractivity contribution in [3.63, 3.8) is 0 Å². The molecule has 0 aliphatic carbocycles. The lowest BCUT2D eigenvalue weighted by atomic mass is 9.99. The molecule has 4 heterocycles. The highest BCUT2D eigenvalue weighted by Crippen LogP contribution is 2.25. The smallest absolute Gasteiger partial charge is 0.240 e. The van der Waals surface area contributed by atoms with Gasteiger partial charge in [-0.1, -0.05) is 12.1 Å². The molecule has 8 nitrogen and oxygen atoms in total. The maximum absolute atomic E-state index is 12.9. The first-order valence-corrected chi connectivity index (χ1v) is 11.7. The largest absolute Gasteiger partial charge is 0.370 e. The second kappa shape index (κ2) is 10.6. The first-order valence-electron chi connectivity index (χ1n) is 11.7. The third-order valence-corrected chi connectivity index (χ3v) is 6.36. The summed E-state index contributed by atoms with van der Waals surface area (Å²) in [5.74, 6) is 0.623. The Morgan fingerprint density at radius 1 is 1.30 bits per heavy atom. The van der Waals surface area contributed by atoms with E-state index in [1.807, 2.05) is 6.07 Å². The van der Waals surface area contributed by atoms with Crippen molar-refractivity contribution in [1.29, 1.82) is 0 Å². The van der Waals surface area contributed by atoms with Crippen molar-refractivity contribution >= 4 is 23.4 Å². The van der Waals surface area contributed by atoms with Gasteiger partial charge in [0.1, 0.15) is 11.6 Å². The molecular weight excluding hydrogens is 418 g/mol. The molecule has 1 fully saturated rings. The van der Waals surface area contributed by atoms with Crippen LogP contribution < -0.4 is 10.6 Å². The van der Waals surface area contributed by atoms with E-state index in [4.69, 9.17) is 4.98 Å². The Labute approximate surface area is 194 Å². The number of aromatic nitrogens is 2. The number of Topliss-reactive ketones (excluding diaryl/α,β-unsaturated/α-hetero) is 1. The van der Waals surface area contributed by atoms with Crippen molar-refractivity contribution in [2.24, 2.45) is 5.92 Å². The van der Waals surface area contributed by atoms with Crippen molar-refractivity contribution in [3.8, 4) is 0 Å². The van der Waals surface area contributed by atoms with E-state index >= 15 is 0 Å². The van der Waals surface area contributed by atoms with Crippen molar-refractivity contribution < 1.29 is 14.4 Å². The van der Waals surface area contributed by atoms with Crippen LogP contribution >= 0.6 is 0 Å². The van der Waals surface area contributed by atoms with E-state index in [1.54, 1.807) is 23.4 Å². The summed E-state index contributed by atoms with van der Waals surface area (Å²) in [5, 5.41) is 6.25. The van der Waals surface area contributed by atoms with Crippen LogP contribution in [0.2, 0.25) is 0 Å². The lowest BCUT2D eigenvalue weighted by Crippen LogP contribution is -2.40. The molecule has 2 amide bonds. The molecule has 33 heavy (non-hydrogen) atoms. The molecular formula is C25H31N5O3. The van der Waals surface area contributed by atoms with Crippen LogP contribution in [0.4, 0.5) is 5.82 Å². The summed E-state index contributed by atoms with van der Waals surface area (Å²) in [5.41, 5.74) is 3.03. The number of nitrogens with zero attached hydrogens (tertiary/aromatic N) is 3. The average Bonchev–Trinajstić information content (AvgIpc) is 3.16. The summed E-state index contributed by atoms with van der Waals surface area (Å²) >= 11 is 0. The van der Waals surface area contributed by atoms with E-state index in [-0.39, 0.29) is 36.5 Å². The molecule has 4 rings (SSSR count). The van der Waals surface area contributed by atoms with Gasteiger partial charge in [-0.3, -0.25) is 19.4 Å². The summed E-state index contributed by atoms with van der Waals surface area (Å²) in [7, 11) is 0. The Morgan fingerprint density at radius 2 is 2.18 bits per heavy atom. The molecule has 0 aromatic carbocycles. The van der Waals surface area contributed by atoms with Crippen LogP contribution in [0.5, 0.6) is 0 Å². The quantitative estimate of drug-likeness (QED) is 0.609. The van der Waals surface area contributed by atoms with Gasteiger partial charge in [-0.25, -0.2) is 4.98 Å². The highest BCUT2D eigenvalue weighted by molar-refractivity contribution is 5.87. The van der Waals surface area contributed by atoms with Gasteiger partial charge in [0, 0.05) is 43.5 Å². The molecule has 2 aromatic rings. The Morgan fingerprint density at radius 3 is 2.97 bits per heavy atom. The third-order valence-electron chi connectivity index (χ3n) is 6.36. The maximum atomic E-state index is 12.9. The molecule has 8 heteroatoms. The molecule has 2 aliphatic rings. The molecule has 0 bridgehead atoms. The number of carbonyl (C=O) groups excluding carboxylic acids is 3. The van der Waals surface area contributed by atoms with Crippen LogP contribution in [0, 0.1) is 5.92 Å². The van der Waals surface area contributed by atoms with Crippen LogP contribution in [-0.2, 0) is 27.2 Å². The number of pyridine rings is 2. The number of ketones is 1. The normalized spacial score (nSPS) is 18.4. The molecule has 174 valence electrons. The second-order valence-corrected chi connectivity index (χ2v) is 8.94. The van der Waals surface area contributed by atoms with Crippen molar-refractivity contribution in [3.05, 3.63) is 53.5 Å². The van der Waals surface area contributed by atoms with Gasteiger partial charge < -0.3 is 15.5 Å². The summed E-state index contributed by atoms with van der Waals surface area (Å²) in [6.07, 6.45) is 7.89. The van der Waals surface area contributed by atoms with Crippen LogP contribution in [0.3, 0.4) is 0 Å². The molecule has 2 aromatic heterocycles. The zero-order valence-electron chi connectivity index (χ0n) is 19.0. The van der Waals surface area contributed by atoms with Crippen LogP contribution in [0.15, 0.2) is 36.7 Å². The summed E-state index contributed by atoms with van der Waals surface area (Å²) in [6.45, 7) is 3.03. The number of carbonyl (C=O) groups is 3. The Bertz CT molecular complexity index is 1010. The lowest BCUT2D eigenvalue weighted by molar-refractivity contribution is -0.135. The predicted octanol–water partition coefficient (Wildman–Crippen LogP) is 2.45. The number of aryl methyl sites for hydroxylation is 2. The fourth-order valence-corrected chi connectivity index (χ4v) is 4.59. The van der Waals surface area contributed by atoms with E-state index in [0.29, 0.717) is 6.54 Å². The monoisotopic (exact) mass is 449 g/mol. The van der Waals surface area contributed by atoms with Crippen molar-refractivity contribution in [2.75, 3.05) is 25.0 Å². The fourth-order valence-electron chi connectivity index (χ4n) is 4.59. The standard InChI is InChI=1S/C25H31N5O3/c1-17(31)14-22(20-5-2-11-26-15-20)29-23(32)16-30-13-10-19(25(30)33)7-9-21-8-6-18-4-3-12-27-24(18)28-21/h2,5-6,8,11,15,19,22H,3-4,7,9-10,12-14,16H2,1H3,(H,27,28)(H,29,32)/t19-,22+/m1/s1. The molecule has 0 spiro atoms. The third kappa shape index (κ3) is 5.94. The van der Waals surface area contributed by atoms with Gasteiger partial charge in [0.15, 0.2) is 0 Å². The van der Waals surface area contributed by atoms with Crippen molar-refractivity contribution in [1.82, 2.24) is 20.2 Å². The zero-order chi connectivity index (χ0) is 23.2. The number of fused-ring (bicyclic) bond motifs is 1. The van der Waals surface area contributed by atoms with Gasteiger partial charge in [0.05, 0.1) is 12.6 Å².